The van der Waals surface area contributed by atoms with E-state index in [9.17, 15) is 18.0 Å². The van der Waals surface area contributed by atoms with Crippen molar-refractivity contribution in [2.45, 2.75) is 26.2 Å². The van der Waals surface area contributed by atoms with Crippen LogP contribution in [0.2, 0.25) is 0 Å². The molecule has 166 valence electrons. The monoisotopic (exact) mass is 451 g/mol. The van der Waals surface area contributed by atoms with Crippen LogP contribution in [0.15, 0.2) is 60.7 Å². The third kappa shape index (κ3) is 4.60. The van der Waals surface area contributed by atoms with Gasteiger partial charge in [0.05, 0.1) is 11.4 Å². The van der Waals surface area contributed by atoms with Gasteiger partial charge in [-0.3, -0.25) is 13.9 Å². The Kier molecular flexibility index (Phi) is 6.14. The molecule has 0 unspecified atom stereocenters. The van der Waals surface area contributed by atoms with Crippen molar-refractivity contribution in [1.29, 1.82) is 0 Å². The van der Waals surface area contributed by atoms with E-state index < -0.39 is 10.0 Å². The number of nitrogens with zero attached hydrogens (tertiary/aromatic N) is 1. The molecular formula is C24H25N3O4S. The Morgan fingerprint density at radius 1 is 0.812 bits per heavy atom. The first-order chi connectivity index (χ1) is 15.3. The standard InChI is InChI=1S/C24H25N3O4S/c1-17(28)25-22-9-5-8-21-20(22)7-6-10-23(21)26-24(29)18-11-13-19(14-12-18)27-15-3-2-4-16-32(27,30)31/h5-14H,2-4,15-16H2,1H3,(H,25,28)(H,26,29). The van der Waals surface area contributed by atoms with Crippen molar-refractivity contribution in [2.75, 3.05) is 27.2 Å². The fourth-order valence-electron chi connectivity index (χ4n) is 3.95. The highest BCUT2D eigenvalue weighted by atomic mass is 32.2. The summed E-state index contributed by atoms with van der Waals surface area (Å²) in [6.07, 6.45) is 2.39. The number of carbonyl (C=O) groups excluding carboxylic acids is 2. The summed E-state index contributed by atoms with van der Waals surface area (Å²) in [4.78, 5) is 24.4. The van der Waals surface area contributed by atoms with Crippen LogP contribution in [0.4, 0.5) is 17.1 Å². The largest absolute Gasteiger partial charge is 0.326 e. The van der Waals surface area contributed by atoms with E-state index in [0.717, 1.165) is 23.6 Å². The van der Waals surface area contributed by atoms with Crippen molar-refractivity contribution in [3.63, 3.8) is 0 Å². The Bertz CT molecular complexity index is 1270. The van der Waals surface area contributed by atoms with Gasteiger partial charge in [0, 0.05) is 41.2 Å². The Hall–Kier alpha value is -3.39. The molecule has 32 heavy (non-hydrogen) atoms. The Balaban J connectivity index is 1.57. The molecule has 1 aliphatic rings. The van der Waals surface area contributed by atoms with E-state index in [4.69, 9.17) is 0 Å². The van der Waals surface area contributed by atoms with Crippen LogP contribution in [0.3, 0.4) is 0 Å². The number of fused-ring (bicyclic) bond motifs is 1. The quantitative estimate of drug-likeness (QED) is 0.616. The topological polar surface area (TPSA) is 95.6 Å². The number of hydrogen-bond acceptors (Lipinski definition) is 4. The van der Waals surface area contributed by atoms with Gasteiger partial charge in [-0.05, 0) is 49.2 Å². The van der Waals surface area contributed by atoms with Gasteiger partial charge in [-0.1, -0.05) is 30.7 Å². The lowest BCUT2D eigenvalue weighted by Crippen LogP contribution is -2.32. The molecule has 3 aromatic carbocycles. The molecule has 3 aromatic rings. The van der Waals surface area contributed by atoms with Crippen LogP contribution in [0.1, 0.15) is 36.5 Å². The van der Waals surface area contributed by atoms with Gasteiger partial charge in [0.15, 0.2) is 0 Å². The zero-order chi connectivity index (χ0) is 22.7. The molecule has 1 aliphatic heterocycles. The Morgan fingerprint density at radius 2 is 1.44 bits per heavy atom. The lowest BCUT2D eigenvalue weighted by molar-refractivity contribution is -0.114. The van der Waals surface area contributed by atoms with Gasteiger partial charge in [-0.25, -0.2) is 8.42 Å². The SMILES string of the molecule is CC(=O)Nc1cccc2c(NC(=O)c3ccc(N4CCCCCS4(=O)=O)cc3)cccc12. The third-order valence-corrected chi connectivity index (χ3v) is 7.37. The van der Waals surface area contributed by atoms with Gasteiger partial charge in [-0.15, -0.1) is 0 Å². The molecule has 1 saturated heterocycles. The highest BCUT2D eigenvalue weighted by Crippen LogP contribution is 2.30. The van der Waals surface area contributed by atoms with E-state index in [0.29, 0.717) is 35.6 Å². The van der Waals surface area contributed by atoms with Crippen molar-refractivity contribution in [3.05, 3.63) is 66.2 Å². The van der Waals surface area contributed by atoms with E-state index in [-0.39, 0.29) is 17.6 Å². The van der Waals surface area contributed by atoms with Crippen LogP contribution in [0, 0.1) is 0 Å². The van der Waals surface area contributed by atoms with Crippen LogP contribution >= 0.6 is 0 Å². The zero-order valence-electron chi connectivity index (χ0n) is 17.8. The predicted molar refractivity (Wildman–Crippen MR) is 128 cm³/mol. The Morgan fingerprint density at radius 3 is 2.06 bits per heavy atom. The van der Waals surface area contributed by atoms with Crippen molar-refractivity contribution < 1.29 is 18.0 Å². The predicted octanol–water partition coefficient (Wildman–Crippen LogP) is 4.37. The molecule has 0 spiro atoms. The maximum atomic E-state index is 12.9. The number of carbonyl (C=O) groups is 2. The second-order valence-electron chi connectivity index (χ2n) is 7.84. The van der Waals surface area contributed by atoms with Gasteiger partial charge >= 0.3 is 0 Å². The van der Waals surface area contributed by atoms with Crippen LogP contribution in [0.5, 0.6) is 0 Å². The third-order valence-electron chi connectivity index (χ3n) is 5.50. The molecule has 0 aromatic heterocycles. The fourth-order valence-corrected chi connectivity index (χ4v) is 5.59. The summed E-state index contributed by atoms with van der Waals surface area (Å²) >= 11 is 0. The molecule has 0 bridgehead atoms. The minimum Gasteiger partial charge on any atom is -0.326 e. The molecule has 2 amide bonds. The maximum Gasteiger partial charge on any atom is 0.255 e. The second kappa shape index (κ2) is 9.00. The first kappa shape index (κ1) is 21.8. The van der Waals surface area contributed by atoms with Crippen molar-refractivity contribution in [3.8, 4) is 0 Å². The summed E-state index contributed by atoms with van der Waals surface area (Å²) in [5.41, 5.74) is 2.30. The zero-order valence-corrected chi connectivity index (χ0v) is 18.6. The molecule has 2 N–H and O–H groups in total. The first-order valence-electron chi connectivity index (χ1n) is 10.6. The minimum absolute atomic E-state index is 0.150. The number of amides is 2. The van der Waals surface area contributed by atoms with Crippen molar-refractivity contribution in [2.24, 2.45) is 0 Å². The summed E-state index contributed by atoms with van der Waals surface area (Å²) in [5, 5.41) is 7.35. The number of benzene rings is 3. The molecule has 0 aliphatic carbocycles. The summed E-state index contributed by atoms with van der Waals surface area (Å²) < 4.78 is 26.4. The number of anilines is 3. The smallest absolute Gasteiger partial charge is 0.255 e. The minimum atomic E-state index is -3.33. The van der Waals surface area contributed by atoms with E-state index in [1.165, 1.54) is 11.2 Å². The number of sulfonamides is 1. The van der Waals surface area contributed by atoms with Gasteiger partial charge < -0.3 is 10.6 Å². The van der Waals surface area contributed by atoms with Gasteiger partial charge in [0.1, 0.15) is 0 Å². The molecule has 0 saturated carbocycles. The summed E-state index contributed by atoms with van der Waals surface area (Å²) in [7, 11) is -3.33. The van der Waals surface area contributed by atoms with Gasteiger partial charge in [0.25, 0.3) is 5.91 Å². The van der Waals surface area contributed by atoms with E-state index >= 15 is 0 Å². The average molecular weight is 452 g/mol. The average Bonchev–Trinajstić information content (AvgIpc) is 2.94. The summed E-state index contributed by atoms with van der Waals surface area (Å²) in [6, 6.07) is 17.6. The van der Waals surface area contributed by atoms with E-state index in [1.807, 2.05) is 30.3 Å². The summed E-state index contributed by atoms with van der Waals surface area (Å²) in [6.45, 7) is 1.91. The molecule has 0 radical (unpaired) electrons. The van der Waals surface area contributed by atoms with E-state index in [2.05, 4.69) is 10.6 Å². The number of hydrogen-bond donors (Lipinski definition) is 2. The van der Waals surface area contributed by atoms with E-state index in [1.54, 1.807) is 30.3 Å². The lowest BCUT2D eigenvalue weighted by Gasteiger charge is -2.22. The van der Waals surface area contributed by atoms with Crippen LogP contribution in [-0.2, 0) is 14.8 Å². The van der Waals surface area contributed by atoms with Gasteiger partial charge in [-0.2, -0.15) is 0 Å². The Labute approximate surface area is 187 Å². The lowest BCUT2D eigenvalue weighted by atomic mass is 10.1. The second-order valence-corrected chi connectivity index (χ2v) is 9.85. The van der Waals surface area contributed by atoms with Gasteiger partial charge in [0.2, 0.25) is 15.9 Å². The highest BCUT2D eigenvalue weighted by Gasteiger charge is 2.24. The molecule has 8 heteroatoms. The number of nitrogens with one attached hydrogen (secondary N) is 2. The van der Waals surface area contributed by atoms with Crippen LogP contribution in [-0.4, -0.2) is 32.5 Å². The van der Waals surface area contributed by atoms with Crippen molar-refractivity contribution in [1.82, 2.24) is 0 Å². The maximum absolute atomic E-state index is 12.9. The molecule has 1 fully saturated rings. The van der Waals surface area contributed by atoms with Crippen molar-refractivity contribution >= 4 is 49.7 Å². The first-order valence-corrected chi connectivity index (χ1v) is 12.2. The van der Waals surface area contributed by atoms with Crippen LogP contribution < -0.4 is 14.9 Å². The molecule has 1 heterocycles. The number of rotatable bonds is 4. The molecule has 4 rings (SSSR count). The summed E-state index contributed by atoms with van der Waals surface area (Å²) in [5.74, 6) is -0.317. The van der Waals surface area contributed by atoms with Crippen LogP contribution in [0.25, 0.3) is 10.8 Å². The normalized spacial score (nSPS) is 15.7. The molecule has 0 atom stereocenters. The molecular weight excluding hydrogens is 426 g/mol. The highest BCUT2D eigenvalue weighted by molar-refractivity contribution is 7.92. The fraction of sp³-hybridized carbons (Fsp3) is 0.250. The molecule has 7 nitrogen and oxygen atoms in total.